The van der Waals surface area contributed by atoms with Crippen LogP contribution in [0.1, 0.15) is 23.9 Å². The highest BCUT2D eigenvalue weighted by Gasteiger charge is 2.22. The van der Waals surface area contributed by atoms with E-state index in [2.05, 4.69) is 20.8 Å². The van der Waals surface area contributed by atoms with Crippen LogP contribution in [-0.2, 0) is 11.3 Å². The van der Waals surface area contributed by atoms with Gasteiger partial charge in [-0.15, -0.1) is 10.2 Å². The Morgan fingerprint density at radius 3 is 2.33 bits per heavy atom. The molecular formula is C27H28FN5O2S. The molecule has 1 atom stereocenters. The number of methoxy groups -OCH3 is 1. The molecule has 0 radical (unpaired) electrons. The molecule has 0 spiro atoms. The number of anilines is 2. The maximum atomic E-state index is 13.3. The van der Waals surface area contributed by atoms with E-state index in [0.717, 1.165) is 33.9 Å². The first kappa shape index (κ1) is 25.2. The largest absolute Gasteiger partial charge is 0.497 e. The number of ether oxygens (including phenoxy) is 1. The van der Waals surface area contributed by atoms with E-state index in [1.165, 1.54) is 23.9 Å². The molecule has 0 unspecified atom stereocenters. The van der Waals surface area contributed by atoms with Crippen LogP contribution in [0.5, 0.6) is 5.75 Å². The lowest BCUT2D eigenvalue weighted by Gasteiger charge is -2.16. The van der Waals surface area contributed by atoms with E-state index >= 15 is 0 Å². The number of rotatable bonds is 9. The Hall–Kier alpha value is -3.85. The molecule has 2 N–H and O–H groups in total. The lowest BCUT2D eigenvalue weighted by Crippen LogP contribution is -2.24. The van der Waals surface area contributed by atoms with Gasteiger partial charge in [0.25, 0.3) is 0 Å². The number of hydrogen-bond acceptors (Lipinski definition) is 6. The standard InChI is InChI=1S/C27H28FN5O2S/c1-17-6-5-7-18(2)25(17)30-26(34)19(3)36-27-32-31-24(16-29-21-10-8-20(28)9-11-21)33(27)22-12-14-23(35-4)15-13-22/h5-15,19,29H,16H2,1-4H3,(H,30,34)/t19-/m1/s1. The van der Waals surface area contributed by atoms with E-state index in [4.69, 9.17) is 4.74 Å². The second-order valence-electron chi connectivity index (χ2n) is 8.31. The van der Waals surface area contributed by atoms with Gasteiger partial charge >= 0.3 is 0 Å². The summed E-state index contributed by atoms with van der Waals surface area (Å²) in [6.07, 6.45) is 0. The van der Waals surface area contributed by atoms with Crippen molar-refractivity contribution in [3.63, 3.8) is 0 Å². The Morgan fingerprint density at radius 2 is 1.69 bits per heavy atom. The van der Waals surface area contributed by atoms with Gasteiger partial charge in [-0.1, -0.05) is 30.0 Å². The van der Waals surface area contributed by atoms with E-state index in [9.17, 15) is 9.18 Å². The van der Waals surface area contributed by atoms with Gasteiger partial charge in [0.15, 0.2) is 11.0 Å². The number of nitrogens with zero attached hydrogens (tertiary/aromatic N) is 3. The summed E-state index contributed by atoms with van der Waals surface area (Å²) in [5.74, 6) is 0.962. The fourth-order valence-corrected chi connectivity index (χ4v) is 4.57. The topological polar surface area (TPSA) is 81.1 Å². The molecule has 7 nitrogen and oxygen atoms in total. The smallest absolute Gasteiger partial charge is 0.237 e. The van der Waals surface area contributed by atoms with E-state index in [1.807, 2.05) is 67.8 Å². The molecule has 1 heterocycles. The number of para-hydroxylation sites is 1. The van der Waals surface area contributed by atoms with Gasteiger partial charge < -0.3 is 15.4 Å². The lowest BCUT2D eigenvalue weighted by molar-refractivity contribution is -0.115. The number of carbonyl (C=O) groups is 1. The fourth-order valence-electron chi connectivity index (χ4n) is 3.68. The van der Waals surface area contributed by atoms with Crippen LogP contribution < -0.4 is 15.4 Å². The van der Waals surface area contributed by atoms with Crippen molar-refractivity contribution in [2.24, 2.45) is 0 Å². The average molecular weight is 506 g/mol. The summed E-state index contributed by atoms with van der Waals surface area (Å²) >= 11 is 1.33. The summed E-state index contributed by atoms with van der Waals surface area (Å²) in [5, 5.41) is 15.2. The Balaban J connectivity index is 1.58. The lowest BCUT2D eigenvalue weighted by atomic mass is 10.1. The van der Waals surface area contributed by atoms with Gasteiger partial charge in [-0.25, -0.2) is 4.39 Å². The predicted octanol–water partition coefficient (Wildman–Crippen LogP) is 5.76. The van der Waals surface area contributed by atoms with Crippen LogP contribution in [0, 0.1) is 19.7 Å². The van der Waals surface area contributed by atoms with Crippen LogP contribution in [0.4, 0.5) is 15.8 Å². The maximum absolute atomic E-state index is 13.3. The number of amides is 1. The van der Waals surface area contributed by atoms with Gasteiger partial charge in [0, 0.05) is 17.1 Å². The molecule has 0 bridgehead atoms. The number of benzene rings is 3. The van der Waals surface area contributed by atoms with Crippen molar-refractivity contribution >= 4 is 29.0 Å². The number of thioether (sulfide) groups is 1. The Morgan fingerprint density at radius 1 is 1.03 bits per heavy atom. The number of halogens is 1. The van der Waals surface area contributed by atoms with Crippen LogP contribution in [0.25, 0.3) is 5.69 Å². The summed E-state index contributed by atoms with van der Waals surface area (Å²) in [5.41, 5.74) is 4.45. The molecule has 0 aliphatic carbocycles. The van der Waals surface area contributed by atoms with Gasteiger partial charge in [-0.05, 0) is 80.4 Å². The zero-order valence-corrected chi connectivity index (χ0v) is 21.4. The second kappa shape index (κ2) is 11.3. The van der Waals surface area contributed by atoms with Crippen molar-refractivity contribution in [2.75, 3.05) is 17.7 Å². The Kier molecular flexibility index (Phi) is 7.90. The molecule has 0 saturated heterocycles. The molecule has 1 aromatic heterocycles. The van der Waals surface area contributed by atoms with Gasteiger partial charge in [-0.2, -0.15) is 0 Å². The Bertz CT molecular complexity index is 1320. The highest BCUT2D eigenvalue weighted by molar-refractivity contribution is 8.00. The minimum atomic E-state index is -0.428. The molecule has 1 amide bonds. The molecule has 0 fully saturated rings. The molecule has 0 aliphatic rings. The zero-order valence-electron chi connectivity index (χ0n) is 20.6. The molecule has 4 rings (SSSR count). The molecule has 0 aliphatic heterocycles. The van der Waals surface area contributed by atoms with Crippen LogP contribution in [0.3, 0.4) is 0 Å². The summed E-state index contributed by atoms with van der Waals surface area (Å²) in [6.45, 7) is 6.15. The molecule has 4 aromatic rings. The number of aryl methyl sites for hydroxylation is 2. The first-order chi connectivity index (χ1) is 17.4. The third-order valence-electron chi connectivity index (χ3n) is 5.71. The highest BCUT2D eigenvalue weighted by atomic mass is 32.2. The number of aromatic nitrogens is 3. The normalized spacial score (nSPS) is 11.7. The fraction of sp³-hybridized carbons (Fsp3) is 0.222. The molecule has 0 saturated carbocycles. The van der Waals surface area contributed by atoms with E-state index in [1.54, 1.807) is 19.2 Å². The summed E-state index contributed by atoms with van der Waals surface area (Å²) in [6, 6.07) is 19.6. The first-order valence-corrected chi connectivity index (χ1v) is 12.4. The van der Waals surface area contributed by atoms with Crippen molar-refractivity contribution in [3.8, 4) is 11.4 Å². The van der Waals surface area contributed by atoms with E-state index in [0.29, 0.717) is 17.5 Å². The second-order valence-corrected chi connectivity index (χ2v) is 9.62. The molecule has 3 aromatic carbocycles. The minimum Gasteiger partial charge on any atom is -0.497 e. The van der Waals surface area contributed by atoms with E-state index < -0.39 is 5.25 Å². The third kappa shape index (κ3) is 5.85. The van der Waals surface area contributed by atoms with Crippen molar-refractivity contribution in [1.82, 2.24) is 14.8 Å². The van der Waals surface area contributed by atoms with E-state index in [-0.39, 0.29) is 11.7 Å². The molecular weight excluding hydrogens is 477 g/mol. The molecule has 36 heavy (non-hydrogen) atoms. The Labute approximate surface area is 214 Å². The zero-order chi connectivity index (χ0) is 25.7. The average Bonchev–Trinajstić information content (AvgIpc) is 3.28. The van der Waals surface area contributed by atoms with Crippen molar-refractivity contribution < 1.29 is 13.9 Å². The highest BCUT2D eigenvalue weighted by Crippen LogP contribution is 2.29. The minimum absolute atomic E-state index is 0.118. The molecule has 9 heteroatoms. The van der Waals surface area contributed by atoms with Crippen LogP contribution in [0.15, 0.2) is 71.9 Å². The van der Waals surface area contributed by atoms with Crippen molar-refractivity contribution in [1.29, 1.82) is 0 Å². The molecule has 186 valence electrons. The number of carbonyl (C=O) groups excluding carboxylic acids is 1. The van der Waals surface area contributed by atoms with Gasteiger partial charge in [0.05, 0.1) is 18.9 Å². The summed E-state index contributed by atoms with van der Waals surface area (Å²) in [4.78, 5) is 13.0. The van der Waals surface area contributed by atoms with Crippen molar-refractivity contribution in [2.45, 2.75) is 37.7 Å². The monoisotopic (exact) mass is 505 g/mol. The quantitative estimate of drug-likeness (QED) is 0.281. The summed E-state index contributed by atoms with van der Waals surface area (Å²) in [7, 11) is 1.61. The number of hydrogen-bond donors (Lipinski definition) is 2. The third-order valence-corrected chi connectivity index (χ3v) is 6.75. The van der Waals surface area contributed by atoms with Gasteiger partial charge in [0.2, 0.25) is 5.91 Å². The van der Waals surface area contributed by atoms with Crippen LogP contribution >= 0.6 is 11.8 Å². The first-order valence-electron chi connectivity index (χ1n) is 11.5. The maximum Gasteiger partial charge on any atom is 0.237 e. The van der Waals surface area contributed by atoms with Crippen LogP contribution in [0.2, 0.25) is 0 Å². The predicted molar refractivity (Wildman–Crippen MR) is 142 cm³/mol. The SMILES string of the molecule is COc1ccc(-n2c(CNc3ccc(F)cc3)nnc2S[C@H](C)C(=O)Nc2c(C)cccc2C)cc1. The van der Waals surface area contributed by atoms with Crippen LogP contribution in [-0.4, -0.2) is 33.0 Å². The van der Waals surface area contributed by atoms with Gasteiger partial charge in [0.1, 0.15) is 11.6 Å². The van der Waals surface area contributed by atoms with Gasteiger partial charge in [-0.3, -0.25) is 9.36 Å². The summed E-state index contributed by atoms with van der Waals surface area (Å²) < 4.78 is 20.5. The number of nitrogens with one attached hydrogen (secondary N) is 2. The van der Waals surface area contributed by atoms with Crippen molar-refractivity contribution in [3.05, 3.63) is 89.5 Å².